The summed E-state index contributed by atoms with van der Waals surface area (Å²) in [7, 11) is 1.21. The van der Waals surface area contributed by atoms with Gasteiger partial charge in [-0.2, -0.15) is 0 Å². The van der Waals surface area contributed by atoms with Crippen molar-refractivity contribution in [2.75, 3.05) is 12.4 Å². The molecule has 0 N–H and O–H groups in total. The Morgan fingerprint density at radius 2 is 2.29 bits per heavy atom. The third kappa shape index (κ3) is 3.29. The fourth-order valence-electron chi connectivity index (χ4n) is 1.16. The predicted octanol–water partition coefficient (Wildman–Crippen LogP) is 2.13. The van der Waals surface area contributed by atoms with Gasteiger partial charge in [0.05, 0.1) is 22.9 Å². The number of halogens is 1. The predicted molar refractivity (Wildman–Crippen MR) is 65.1 cm³/mol. The Kier molecular flexibility index (Phi) is 4.67. The first-order valence-corrected chi connectivity index (χ1v) is 5.64. The van der Waals surface area contributed by atoms with Crippen molar-refractivity contribution in [1.29, 1.82) is 0 Å². The number of carbonyl (C=O) groups is 1. The van der Waals surface area contributed by atoms with Gasteiger partial charge in [-0.1, -0.05) is 27.8 Å². The van der Waals surface area contributed by atoms with Gasteiger partial charge in [0.1, 0.15) is 0 Å². The van der Waals surface area contributed by atoms with E-state index in [1.165, 1.54) is 19.2 Å². The average Bonchev–Trinajstić information content (AvgIpc) is 2.35. The molecule has 0 radical (unpaired) electrons. The third-order valence-electron chi connectivity index (χ3n) is 1.91. The van der Waals surface area contributed by atoms with E-state index >= 15 is 0 Å². The number of carbonyl (C=O) groups excluding carboxylic acids is 1. The molecule has 0 spiro atoms. The molecule has 5 nitrogen and oxygen atoms in total. The monoisotopic (exact) mass is 297 g/mol. The van der Waals surface area contributed by atoms with Crippen LogP contribution in [0.3, 0.4) is 0 Å². The molecule has 1 aromatic carbocycles. The summed E-state index contributed by atoms with van der Waals surface area (Å²) in [5, 5.41) is 11.0. The van der Waals surface area contributed by atoms with E-state index in [1.54, 1.807) is 0 Å². The van der Waals surface area contributed by atoms with Crippen molar-refractivity contribution in [3.8, 4) is 11.8 Å². The Bertz CT molecular complexity index is 516. The van der Waals surface area contributed by atoms with Gasteiger partial charge in [-0.25, -0.2) is 4.79 Å². The minimum Gasteiger partial charge on any atom is -0.465 e. The lowest BCUT2D eigenvalue weighted by Crippen LogP contribution is -2.05. The molecule has 0 saturated carbocycles. The van der Waals surface area contributed by atoms with Crippen molar-refractivity contribution in [1.82, 2.24) is 0 Å². The van der Waals surface area contributed by atoms with Gasteiger partial charge in [-0.15, -0.1) is 0 Å². The van der Waals surface area contributed by atoms with Gasteiger partial charge in [-0.3, -0.25) is 10.1 Å². The zero-order chi connectivity index (χ0) is 12.8. The molecule has 0 aliphatic heterocycles. The molecule has 1 rings (SSSR count). The minimum absolute atomic E-state index is 0.0927. The number of benzene rings is 1. The standard InChI is InChI=1S/C11H8BrNO4/c1-17-11(14)10-7-9(13(15)16)5-4-8(10)3-2-6-12/h4-5,7H,6H2,1H3. The summed E-state index contributed by atoms with van der Waals surface area (Å²) >= 11 is 3.13. The largest absolute Gasteiger partial charge is 0.465 e. The van der Waals surface area contributed by atoms with Crippen LogP contribution in [0.5, 0.6) is 0 Å². The van der Waals surface area contributed by atoms with E-state index in [1.807, 2.05) is 0 Å². The van der Waals surface area contributed by atoms with Crippen LogP contribution in [0.25, 0.3) is 0 Å². The lowest BCUT2D eigenvalue weighted by Gasteiger charge is -2.02. The van der Waals surface area contributed by atoms with Crippen molar-refractivity contribution in [3.63, 3.8) is 0 Å². The van der Waals surface area contributed by atoms with E-state index in [2.05, 4.69) is 32.5 Å². The first kappa shape index (κ1) is 13.2. The summed E-state index contributed by atoms with van der Waals surface area (Å²) in [6.45, 7) is 0. The van der Waals surface area contributed by atoms with Gasteiger partial charge in [-0.05, 0) is 6.07 Å². The van der Waals surface area contributed by atoms with Crippen molar-refractivity contribution in [3.05, 3.63) is 39.4 Å². The zero-order valence-corrected chi connectivity index (χ0v) is 10.5. The lowest BCUT2D eigenvalue weighted by atomic mass is 10.1. The normalized spacial score (nSPS) is 9.06. The summed E-state index contributed by atoms with van der Waals surface area (Å²) in [6.07, 6.45) is 0. The molecule has 0 unspecified atom stereocenters. The van der Waals surface area contributed by atoms with Crippen LogP contribution in [-0.4, -0.2) is 23.3 Å². The third-order valence-corrected chi connectivity index (χ3v) is 2.19. The smallest absolute Gasteiger partial charge is 0.339 e. The van der Waals surface area contributed by atoms with Gasteiger partial charge in [0, 0.05) is 17.7 Å². The number of methoxy groups -OCH3 is 1. The van der Waals surface area contributed by atoms with Crippen molar-refractivity contribution >= 4 is 27.6 Å². The quantitative estimate of drug-likeness (QED) is 0.276. The summed E-state index contributed by atoms with van der Waals surface area (Å²) in [5.74, 6) is 4.80. The maximum atomic E-state index is 11.4. The Morgan fingerprint density at radius 1 is 1.59 bits per heavy atom. The highest BCUT2D eigenvalue weighted by atomic mass is 79.9. The molecule has 6 heteroatoms. The van der Waals surface area contributed by atoms with Crippen LogP contribution in [0.15, 0.2) is 18.2 Å². The molecule has 0 atom stereocenters. The van der Waals surface area contributed by atoms with Gasteiger partial charge in [0.25, 0.3) is 5.69 Å². The van der Waals surface area contributed by atoms with Crippen LogP contribution in [-0.2, 0) is 4.74 Å². The van der Waals surface area contributed by atoms with Gasteiger partial charge in [0.15, 0.2) is 0 Å². The number of nitro benzene ring substituents is 1. The van der Waals surface area contributed by atoms with E-state index in [-0.39, 0.29) is 11.3 Å². The highest BCUT2D eigenvalue weighted by Gasteiger charge is 2.15. The second kappa shape index (κ2) is 6.01. The fraction of sp³-hybridized carbons (Fsp3) is 0.182. The molecule has 0 aliphatic carbocycles. The number of nitro groups is 1. The van der Waals surface area contributed by atoms with E-state index in [0.717, 1.165) is 6.07 Å². The number of hydrogen-bond donors (Lipinski definition) is 0. The summed E-state index contributed by atoms with van der Waals surface area (Å²) < 4.78 is 4.55. The van der Waals surface area contributed by atoms with Gasteiger partial charge < -0.3 is 4.74 Å². The first-order chi connectivity index (χ1) is 8.10. The zero-order valence-electron chi connectivity index (χ0n) is 8.90. The van der Waals surface area contributed by atoms with Crippen LogP contribution >= 0.6 is 15.9 Å². The molecular weight excluding hydrogens is 290 g/mol. The summed E-state index contributed by atoms with van der Waals surface area (Å²) in [5.41, 5.74) is 0.326. The highest BCUT2D eigenvalue weighted by Crippen LogP contribution is 2.18. The number of hydrogen-bond acceptors (Lipinski definition) is 4. The second-order valence-corrected chi connectivity index (χ2v) is 3.47. The maximum Gasteiger partial charge on any atom is 0.339 e. The van der Waals surface area contributed by atoms with Crippen LogP contribution in [0, 0.1) is 22.0 Å². The Balaban J connectivity index is 3.31. The number of rotatable bonds is 2. The molecule has 1 aromatic rings. The summed E-state index contributed by atoms with van der Waals surface area (Å²) in [4.78, 5) is 21.5. The average molecular weight is 298 g/mol. The van der Waals surface area contributed by atoms with E-state index in [0.29, 0.717) is 10.9 Å². The maximum absolute atomic E-state index is 11.4. The van der Waals surface area contributed by atoms with Crippen LogP contribution in [0.1, 0.15) is 15.9 Å². The molecule has 0 bridgehead atoms. The highest BCUT2D eigenvalue weighted by molar-refractivity contribution is 9.09. The van der Waals surface area contributed by atoms with E-state index < -0.39 is 10.9 Å². The van der Waals surface area contributed by atoms with E-state index in [9.17, 15) is 14.9 Å². The number of nitrogens with zero attached hydrogens (tertiary/aromatic N) is 1. The molecule has 0 fully saturated rings. The molecule has 0 saturated heterocycles. The second-order valence-electron chi connectivity index (χ2n) is 2.91. The van der Waals surface area contributed by atoms with Crippen molar-refractivity contribution < 1.29 is 14.5 Å². The molecule has 88 valence electrons. The fourth-order valence-corrected chi connectivity index (χ4v) is 1.30. The SMILES string of the molecule is COC(=O)c1cc([N+](=O)[O-])ccc1C#CCBr. The lowest BCUT2D eigenvalue weighted by molar-refractivity contribution is -0.384. The van der Waals surface area contributed by atoms with Crippen molar-refractivity contribution in [2.24, 2.45) is 0 Å². The van der Waals surface area contributed by atoms with Crippen LogP contribution < -0.4 is 0 Å². The Morgan fingerprint density at radius 3 is 2.82 bits per heavy atom. The molecular formula is C11H8BrNO4. The number of alkyl halides is 1. The molecule has 0 aliphatic rings. The van der Waals surface area contributed by atoms with Crippen LogP contribution in [0.4, 0.5) is 5.69 Å². The van der Waals surface area contributed by atoms with Gasteiger partial charge in [0.2, 0.25) is 0 Å². The molecule has 0 amide bonds. The molecule has 17 heavy (non-hydrogen) atoms. The number of ether oxygens (including phenoxy) is 1. The Hall–Kier alpha value is -1.87. The topological polar surface area (TPSA) is 69.4 Å². The summed E-state index contributed by atoms with van der Waals surface area (Å²) in [6, 6.07) is 3.88. The van der Waals surface area contributed by atoms with Crippen LogP contribution in [0.2, 0.25) is 0 Å². The van der Waals surface area contributed by atoms with Crippen molar-refractivity contribution in [2.45, 2.75) is 0 Å². The number of non-ortho nitro benzene ring substituents is 1. The van der Waals surface area contributed by atoms with Gasteiger partial charge >= 0.3 is 5.97 Å². The minimum atomic E-state index is -0.646. The Labute approximate surface area is 106 Å². The first-order valence-electron chi connectivity index (χ1n) is 4.51. The van der Waals surface area contributed by atoms with E-state index in [4.69, 9.17) is 0 Å². The molecule has 0 aromatic heterocycles. The molecule has 0 heterocycles. The number of esters is 1.